The van der Waals surface area contributed by atoms with Crippen LogP contribution in [-0.4, -0.2) is 5.24 Å². The smallest absolute Gasteiger partial charge is 0.287 e. The molecule has 3 rings (SSSR count). The molecule has 3 nitrogen and oxygen atoms in total. The van der Waals surface area contributed by atoms with E-state index in [4.69, 9.17) is 20.8 Å². The van der Waals surface area contributed by atoms with Crippen LogP contribution in [0, 0.1) is 6.92 Å². The fourth-order valence-electron chi connectivity index (χ4n) is 3.45. The molecular weight excluding hydrogens is 312 g/mol. The zero-order valence-electron chi connectivity index (χ0n) is 14.1. The van der Waals surface area contributed by atoms with Crippen molar-refractivity contribution in [3.63, 3.8) is 0 Å². The summed E-state index contributed by atoms with van der Waals surface area (Å²) in [6.45, 7) is 10.5. The Hall–Kier alpha value is -1.58. The number of carbonyl (C=O) groups excluding carboxylic acids is 1. The van der Waals surface area contributed by atoms with Crippen LogP contribution in [0.25, 0.3) is 0 Å². The van der Waals surface area contributed by atoms with Gasteiger partial charge in [0, 0.05) is 6.42 Å². The molecule has 2 aromatic rings. The van der Waals surface area contributed by atoms with Crippen LogP contribution < -0.4 is 0 Å². The molecule has 1 aliphatic rings. The number of hydrogen-bond donors (Lipinski definition) is 0. The van der Waals surface area contributed by atoms with Gasteiger partial charge in [-0.15, -0.1) is 0 Å². The van der Waals surface area contributed by atoms with Crippen LogP contribution in [0.2, 0.25) is 0 Å². The second-order valence-corrected chi connectivity index (χ2v) is 7.51. The number of benzene rings is 1. The molecule has 1 aromatic heterocycles. The summed E-state index contributed by atoms with van der Waals surface area (Å²) in [6, 6.07) is 7.82. The first-order chi connectivity index (χ1) is 10.6. The lowest BCUT2D eigenvalue weighted by molar-refractivity contribution is -0.105. The summed E-state index contributed by atoms with van der Waals surface area (Å²) in [5.74, 6) is 0.915. The normalized spacial score (nSPS) is 18.0. The van der Waals surface area contributed by atoms with Gasteiger partial charge in [-0.1, -0.05) is 12.1 Å². The standard InChI is InChI=1S/C19H21ClO3/c1-11-8-14-15(19(4,5)23-18(14,2)3)10-12(11)9-13-6-7-16(22-13)17(20)21/h6-8,10H,9H2,1-5H3. The van der Waals surface area contributed by atoms with E-state index in [-0.39, 0.29) is 17.0 Å². The molecule has 122 valence electrons. The van der Waals surface area contributed by atoms with Crippen molar-refractivity contribution in [3.05, 3.63) is 58.0 Å². The van der Waals surface area contributed by atoms with Gasteiger partial charge in [0.25, 0.3) is 5.24 Å². The van der Waals surface area contributed by atoms with Gasteiger partial charge in [0.15, 0.2) is 5.76 Å². The van der Waals surface area contributed by atoms with Gasteiger partial charge in [0.05, 0.1) is 11.2 Å². The van der Waals surface area contributed by atoms with Gasteiger partial charge in [0.1, 0.15) is 5.76 Å². The molecule has 0 saturated carbocycles. The Kier molecular flexibility index (Phi) is 3.69. The molecule has 0 bridgehead atoms. The lowest BCUT2D eigenvalue weighted by Gasteiger charge is -2.24. The first-order valence-electron chi connectivity index (χ1n) is 7.73. The second kappa shape index (κ2) is 5.22. The Morgan fingerprint density at radius 1 is 1.09 bits per heavy atom. The Morgan fingerprint density at radius 3 is 2.26 bits per heavy atom. The quantitative estimate of drug-likeness (QED) is 0.738. The second-order valence-electron chi connectivity index (χ2n) is 7.16. The van der Waals surface area contributed by atoms with E-state index >= 15 is 0 Å². The van der Waals surface area contributed by atoms with Gasteiger partial charge in [-0.3, -0.25) is 4.79 Å². The fourth-order valence-corrected chi connectivity index (χ4v) is 3.56. The number of fused-ring (bicyclic) bond motifs is 1. The summed E-state index contributed by atoms with van der Waals surface area (Å²) in [5, 5.41) is -0.571. The minimum absolute atomic E-state index is 0.185. The third-order valence-electron chi connectivity index (χ3n) is 4.50. The van der Waals surface area contributed by atoms with Gasteiger partial charge in [-0.2, -0.15) is 0 Å². The Bertz CT molecular complexity index is 784. The van der Waals surface area contributed by atoms with Crippen molar-refractivity contribution in [2.75, 3.05) is 0 Å². The third-order valence-corrected chi connectivity index (χ3v) is 4.69. The van der Waals surface area contributed by atoms with Crippen LogP contribution in [0.5, 0.6) is 0 Å². The summed E-state index contributed by atoms with van der Waals surface area (Å²) < 4.78 is 11.7. The van der Waals surface area contributed by atoms with Crippen molar-refractivity contribution in [1.82, 2.24) is 0 Å². The molecule has 0 radical (unpaired) electrons. The fraction of sp³-hybridized carbons (Fsp3) is 0.421. The third kappa shape index (κ3) is 2.84. The number of carbonyl (C=O) groups is 1. The maximum absolute atomic E-state index is 11.1. The van der Waals surface area contributed by atoms with Gasteiger partial charge in [-0.05, 0) is 80.6 Å². The Labute approximate surface area is 141 Å². The number of furan rings is 1. The first-order valence-corrected chi connectivity index (χ1v) is 8.11. The van der Waals surface area contributed by atoms with Crippen LogP contribution in [0.3, 0.4) is 0 Å². The molecule has 0 amide bonds. The molecule has 0 N–H and O–H groups in total. The van der Waals surface area contributed by atoms with Crippen molar-refractivity contribution >= 4 is 16.8 Å². The maximum atomic E-state index is 11.1. The molecule has 0 aliphatic carbocycles. The molecule has 4 heteroatoms. The highest BCUT2D eigenvalue weighted by Crippen LogP contribution is 2.47. The minimum Gasteiger partial charge on any atom is -0.456 e. The van der Waals surface area contributed by atoms with Gasteiger partial charge in [0.2, 0.25) is 0 Å². The lowest BCUT2D eigenvalue weighted by atomic mass is 9.86. The average molecular weight is 333 g/mol. The summed E-state index contributed by atoms with van der Waals surface area (Å²) in [5.41, 5.74) is 4.20. The predicted octanol–water partition coefficient (Wildman–Crippen LogP) is 5.06. The highest BCUT2D eigenvalue weighted by molar-refractivity contribution is 6.67. The van der Waals surface area contributed by atoms with E-state index in [1.54, 1.807) is 12.1 Å². The molecule has 1 aromatic carbocycles. The van der Waals surface area contributed by atoms with Gasteiger partial charge < -0.3 is 9.15 Å². The molecule has 0 spiro atoms. The number of ether oxygens (including phenoxy) is 1. The molecule has 1 aliphatic heterocycles. The van der Waals surface area contributed by atoms with Gasteiger partial charge in [-0.25, -0.2) is 0 Å². The summed E-state index contributed by atoms with van der Waals surface area (Å²) in [4.78, 5) is 11.1. The topological polar surface area (TPSA) is 39.4 Å². The van der Waals surface area contributed by atoms with Crippen molar-refractivity contribution in [3.8, 4) is 0 Å². The summed E-state index contributed by atoms with van der Waals surface area (Å²) in [7, 11) is 0. The van der Waals surface area contributed by atoms with E-state index in [2.05, 4.69) is 46.8 Å². The van der Waals surface area contributed by atoms with Crippen molar-refractivity contribution in [1.29, 1.82) is 0 Å². The summed E-state index contributed by atoms with van der Waals surface area (Å²) in [6.07, 6.45) is 0.625. The summed E-state index contributed by atoms with van der Waals surface area (Å²) >= 11 is 5.45. The van der Waals surface area contributed by atoms with Crippen LogP contribution in [0.15, 0.2) is 28.7 Å². The number of aryl methyl sites for hydroxylation is 1. The highest BCUT2D eigenvalue weighted by atomic mass is 35.5. The molecule has 2 heterocycles. The van der Waals surface area contributed by atoms with E-state index in [0.717, 1.165) is 5.76 Å². The first kappa shape index (κ1) is 16.3. The number of halogens is 1. The monoisotopic (exact) mass is 332 g/mol. The molecule has 0 fully saturated rings. The molecule has 0 atom stereocenters. The number of hydrogen-bond acceptors (Lipinski definition) is 3. The minimum atomic E-state index is -0.571. The van der Waals surface area contributed by atoms with E-state index in [1.807, 2.05) is 0 Å². The van der Waals surface area contributed by atoms with Gasteiger partial charge >= 0.3 is 0 Å². The maximum Gasteiger partial charge on any atom is 0.287 e. The lowest BCUT2D eigenvalue weighted by Crippen LogP contribution is -2.22. The van der Waals surface area contributed by atoms with Crippen LogP contribution in [0.4, 0.5) is 0 Å². The van der Waals surface area contributed by atoms with Crippen molar-refractivity contribution < 1.29 is 13.9 Å². The van der Waals surface area contributed by atoms with Crippen LogP contribution in [0.1, 0.15) is 66.3 Å². The van der Waals surface area contributed by atoms with Crippen molar-refractivity contribution in [2.24, 2.45) is 0 Å². The van der Waals surface area contributed by atoms with Crippen LogP contribution >= 0.6 is 11.6 Å². The molecule has 0 saturated heterocycles. The van der Waals surface area contributed by atoms with E-state index in [1.165, 1.54) is 22.3 Å². The SMILES string of the molecule is Cc1cc2c(cc1Cc1ccc(C(=O)Cl)o1)C(C)(C)OC2(C)C. The molecular formula is C19H21ClO3. The number of rotatable bonds is 3. The zero-order chi connectivity index (χ0) is 17.0. The zero-order valence-corrected chi connectivity index (χ0v) is 14.9. The average Bonchev–Trinajstić information content (AvgIpc) is 2.93. The highest BCUT2D eigenvalue weighted by Gasteiger charge is 2.43. The predicted molar refractivity (Wildman–Crippen MR) is 90.0 cm³/mol. The van der Waals surface area contributed by atoms with E-state index in [9.17, 15) is 4.79 Å². The van der Waals surface area contributed by atoms with E-state index < -0.39 is 5.24 Å². The molecule has 23 heavy (non-hydrogen) atoms. The molecule has 0 unspecified atom stereocenters. The Balaban J connectivity index is 2.00. The Morgan fingerprint density at radius 2 is 1.70 bits per heavy atom. The largest absolute Gasteiger partial charge is 0.456 e. The van der Waals surface area contributed by atoms with Crippen LogP contribution in [-0.2, 0) is 22.4 Å². The van der Waals surface area contributed by atoms with E-state index in [0.29, 0.717) is 6.42 Å². The van der Waals surface area contributed by atoms with Crippen molar-refractivity contribution in [2.45, 2.75) is 52.2 Å².